The predicted octanol–water partition coefficient (Wildman–Crippen LogP) is 3.08. The molecule has 0 saturated heterocycles. The van der Waals surface area contributed by atoms with Crippen molar-refractivity contribution in [2.24, 2.45) is 0 Å². The fourth-order valence-electron chi connectivity index (χ4n) is 1.35. The van der Waals surface area contributed by atoms with Gasteiger partial charge < -0.3 is 10.1 Å². The monoisotopic (exact) mass is 248 g/mol. The van der Waals surface area contributed by atoms with E-state index in [1.165, 1.54) is 11.5 Å². The SMILES string of the molecule is CCC(CC)NCc1snc(OC)c1Cl. The van der Waals surface area contributed by atoms with E-state index >= 15 is 0 Å². The Kier molecular flexibility index (Phi) is 5.36. The first-order valence-electron chi connectivity index (χ1n) is 5.14. The highest BCUT2D eigenvalue weighted by Gasteiger charge is 2.12. The van der Waals surface area contributed by atoms with E-state index in [2.05, 4.69) is 23.5 Å². The Hall–Kier alpha value is -0.320. The van der Waals surface area contributed by atoms with Crippen molar-refractivity contribution in [1.29, 1.82) is 0 Å². The maximum atomic E-state index is 6.08. The van der Waals surface area contributed by atoms with Gasteiger partial charge in [-0.05, 0) is 24.4 Å². The molecule has 0 saturated carbocycles. The molecule has 0 aromatic carbocycles. The average molecular weight is 249 g/mol. The van der Waals surface area contributed by atoms with Crippen molar-refractivity contribution >= 4 is 23.1 Å². The number of aromatic nitrogens is 1. The molecule has 15 heavy (non-hydrogen) atoms. The molecule has 0 bridgehead atoms. The summed E-state index contributed by atoms with van der Waals surface area (Å²) in [6.45, 7) is 5.12. The largest absolute Gasteiger partial charge is 0.479 e. The number of ether oxygens (including phenoxy) is 1. The molecule has 0 radical (unpaired) electrons. The lowest BCUT2D eigenvalue weighted by atomic mass is 10.2. The number of nitrogens with one attached hydrogen (secondary N) is 1. The van der Waals surface area contributed by atoms with Crippen molar-refractivity contribution < 1.29 is 4.74 Å². The smallest absolute Gasteiger partial charge is 0.244 e. The maximum Gasteiger partial charge on any atom is 0.244 e. The van der Waals surface area contributed by atoms with Crippen LogP contribution in [0.1, 0.15) is 31.6 Å². The van der Waals surface area contributed by atoms with Gasteiger partial charge >= 0.3 is 0 Å². The number of halogens is 1. The standard InChI is InChI=1S/C10H17ClN2OS/c1-4-7(5-2)12-6-8-9(11)10(14-3)13-15-8/h7,12H,4-6H2,1-3H3. The molecule has 86 valence electrons. The van der Waals surface area contributed by atoms with Crippen LogP contribution in [0.2, 0.25) is 5.02 Å². The van der Waals surface area contributed by atoms with Crippen molar-refractivity contribution in [3.63, 3.8) is 0 Å². The van der Waals surface area contributed by atoms with Crippen molar-refractivity contribution in [3.05, 3.63) is 9.90 Å². The fraction of sp³-hybridized carbons (Fsp3) is 0.700. The van der Waals surface area contributed by atoms with Gasteiger partial charge in [0.1, 0.15) is 5.02 Å². The van der Waals surface area contributed by atoms with Crippen LogP contribution in [-0.2, 0) is 6.54 Å². The molecule has 1 N–H and O–H groups in total. The Labute approximate surface area is 100.0 Å². The molecular weight excluding hydrogens is 232 g/mol. The quantitative estimate of drug-likeness (QED) is 0.840. The number of methoxy groups -OCH3 is 1. The lowest BCUT2D eigenvalue weighted by molar-refractivity contribution is 0.402. The van der Waals surface area contributed by atoms with Gasteiger partial charge in [-0.15, -0.1) is 0 Å². The summed E-state index contributed by atoms with van der Waals surface area (Å²) in [6.07, 6.45) is 2.26. The number of hydrogen-bond donors (Lipinski definition) is 1. The third kappa shape index (κ3) is 3.33. The Morgan fingerprint density at radius 3 is 2.60 bits per heavy atom. The minimum atomic E-state index is 0.531. The summed E-state index contributed by atoms with van der Waals surface area (Å²) >= 11 is 7.47. The van der Waals surface area contributed by atoms with E-state index in [0.29, 0.717) is 16.9 Å². The molecule has 0 aliphatic rings. The van der Waals surface area contributed by atoms with E-state index in [0.717, 1.165) is 24.3 Å². The lowest BCUT2D eigenvalue weighted by Gasteiger charge is -2.13. The molecule has 0 amide bonds. The van der Waals surface area contributed by atoms with Gasteiger partial charge in [0.05, 0.1) is 12.0 Å². The van der Waals surface area contributed by atoms with Crippen LogP contribution in [-0.4, -0.2) is 17.5 Å². The summed E-state index contributed by atoms with van der Waals surface area (Å²) in [5.41, 5.74) is 0. The van der Waals surface area contributed by atoms with Crippen LogP contribution >= 0.6 is 23.1 Å². The third-order valence-corrected chi connectivity index (χ3v) is 3.73. The molecule has 0 aliphatic heterocycles. The molecule has 1 rings (SSSR count). The number of nitrogens with zero attached hydrogens (tertiary/aromatic N) is 1. The van der Waals surface area contributed by atoms with Gasteiger partial charge in [0.25, 0.3) is 0 Å². The zero-order chi connectivity index (χ0) is 11.3. The molecular formula is C10H17ClN2OS. The molecule has 0 spiro atoms. The topological polar surface area (TPSA) is 34.2 Å². The van der Waals surface area contributed by atoms with Gasteiger partial charge in [0, 0.05) is 12.6 Å². The molecule has 0 fully saturated rings. The van der Waals surface area contributed by atoms with E-state index < -0.39 is 0 Å². The average Bonchev–Trinajstić information content (AvgIpc) is 2.61. The van der Waals surface area contributed by atoms with Gasteiger partial charge in [-0.1, -0.05) is 25.4 Å². The van der Waals surface area contributed by atoms with E-state index in [9.17, 15) is 0 Å². The predicted molar refractivity (Wildman–Crippen MR) is 64.9 cm³/mol. The summed E-state index contributed by atoms with van der Waals surface area (Å²) in [5, 5.41) is 4.08. The Balaban J connectivity index is 2.53. The maximum absolute atomic E-state index is 6.08. The third-order valence-electron chi connectivity index (χ3n) is 2.40. The number of hydrogen-bond acceptors (Lipinski definition) is 4. The molecule has 0 atom stereocenters. The van der Waals surface area contributed by atoms with Crippen LogP contribution < -0.4 is 10.1 Å². The van der Waals surface area contributed by atoms with Crippen molar-refractivity contribution in [2.75, 3.05) is 7.11 Å². The lowest BCUT2D eigenvalue weighted by Crippen LogP contribution is -2.26. The van der Waals surface area contributed by atoms with E-state index in [1.807, 2.05) is 0 Å². The second kappa shape index (κ2) is 6.30. The van der Waals surface area contributed by atoms with Gasteiger partial charge in [0.2, 0.25) is 5.88 Å². The van der Waals surface area contributed by atoms with Crippen LogP contribution in [0.4, 0.5) is 0 Å². The van der Waals surface area contributed by atoms with Gasteiger partial charge in [-0.2, -0.15) is 4.37 Å². The van der Waals surface area contributed by atoms with Gasteiger partial charge in [0.15, 0.2) is 0 Å². The highest BCUT2D eigenvalue weighted by molar-refractivity contribution is 7.06. The Morgan fingerprint density at radius 2 is 2.13 bits per heavy atom. The zero-order valence-corrected chi connectivity index (χ0v) is 10.9. The fourth-order valence-corrected chi connectivity index (χ4v) is 2.36. The molecule has 1 heterocycles. The van der Waals surface area contributed by atoms with Crippen molar-refractivity contribution in [1.82, 2.24) is 9.69 Å². The van der Waals surface area contributed by atoms with Crippen molar-refractivity contribution in [3.8, 4) is 5.88 Å². The summed E-state index contributed by atoms with van der Waals surface area (Å²) in [4.78, 5) is 1.04. The van der Waals surface area contributed by atoms with Crippen LogP contribution in [0.15, 0.2) is 0 Å². The first kappa shape index (κ1) is 12.7. The van der Waals surface area contributed by atoms with E-state index in [-0.39, 0.29) is 0 Å². The second-order valence-electron chi connectivity index (χ2n) is 3.32. The summed E-state index contributed by atoms with van der Waals surface area (Å²) in [6, 6.07) is 0.550. The summed E-state index contributed by atoms with van der Waals surface area (Å²) in [5.74, 6) is 0.531. The normalized spacial score (nSPS) is 11.0. The Morgan fingerprint density at radius 1 is 1.47 bits per heavy atom. The van der Waals surface area contributed by atoms with Gasteiger partial charge in [-0.3, -0.25) is 0 Å². The van der Waals surface area contributed by atoms with Crippen LogP contribution in [0.25, 0.3) is 0 Å². The Bertz CT molecular complexity index is 300. The van der Waals surface area contributed by atoms with E-state index in [4.69, 9.17) is 16.3 Å². The second-order valence-corrected chi connectivity index (χ2v) is 4.56. The molecule has 5 heteroatoms. The molecule has 1 aromatic rings. The zero-order valence-electron chi connectivity index (χ0n) is 9.34. The minimum Gasteiger partial charge on any atom is -0.479 e. The molecule has 3 nitrogen and oxygen atoms in total. The summed E-state index contributed by atoms with van der Waals surface area (Å²) in [7, 11) is 1.58. The first-order chi connectivity index (χ1) is 7.22. The molecule has 0 aliphatic carbocycles. The van der Waals surface area contributed by atoms with Crippen LogP contribution in [0.5, 0.6) is 5.88 Å². The van der Waals surface area contributed by atoms with E-state index in [1.54, 1.807) is 7.11 Å². The minimum absolute atomic E-state index is 0.531. The van der Waals surface area contributed by atoms with Crippen LogP contribution in [0, 0.1) is 0 Å². The first-order valence-corrected chi connectivity index (χ1v) is 6.29. The van der Waals surface area contributed by atoms with Crippen LogP contribution in [0.3, 0.4) is 0 Å². The van der Waals surface area contributed by atoms with Crippen molar-refractivity contribution in [2.45, 2.75) is 39.3 Å². The number of rotatable bonds is 6. The highest BCUT2D eigenvalue weighted by atomic mass is 35.5. The molecule has 0 unspecified atom stereocenters. The van der Waals surface area contributed by atoms with Gasteiger partial charge in [-0.25, -0.2) is 0 Å². The summed E-state index contributed by atoms with van der Waals surface area (Å²) < 4.78 is 9.14. The highest BCUT2D eigenvalue weighted by Crippen LogP contribution is 2.30. The molecule has 1 aromatic heterocycles.